The second-order valence-corrected chi connectivity index (χ2v) is 5.96. The highest BCUT2D eigenvalue weighted by Crippen LogP contribution is 2.19. The van der Waals surface area contributed by atoms with Crippen LogP contribution in [0.1, 0.15) is 10.4 Å². The number of hydrogen-bond donors (Lipinski definition) is 1. The van der Waals surface area contributed by atoms with Gasteiger partial charge in [0.1, 0.15) is 5.75 Å². The molecular weight excluding hydrogens is 320 g/mol. The number of aromatic nitrogens is 1. The van der Waals surface area contributed by atoms with E-state index in [9.17, 15) is 4.79 Å². The van der Waals surface area contributed by atoms with E-state index in [1.54, 1.807) is 35.8 Å². The lowest BCUT2D eigenvalue weighted by atomic mass is 10.2. The van der Waals surface area contributed by atoms with Crippen LogP contribution in [0.15, 0.2) is 72.3 Å². The molecule has 0 atom stereocenters. The number of hydrogen-bond acceptors (Lipinski definition) is 4. The Morgan fingerprint density at radius 3 is 2.92 bits per heavy atom. The second-order valence-electron chi connectivity index (χ2n) is 4.98. The molecule has 5 heteroatoms. The van der Waals surface area contributed by atoms with Crippen LogP contribution in [0.5, 0.6) is 11.6 Å². The Hall–Kier alpha value is -2.92. The topological polar surface area (TPSA) is 51.2 Å². The highest BCUT2D eigenvalue weighted by Gasteiger charge is 2.01. The van der Waals surface area contributed by atoms with Gasteiger partial charge in [-0.25, -0.2) is 4.98 Å². The number of ether oxygens (including phenoxy) is 1. The predicted octanol–water partition coefficient (Wildman–Crippen LogP) is 4.27. The largest absolute Gasteiger partial charge is 0.439 e. The molecule has 2 heterocycles. The summed E-state index contributed by atoms with van der Waals surface area (Å²) in [6.45, 7) is 0.438. The molecular formula is C19H16N2O2S. The quantitative estimate of drug-likeness (QED) is 0.684. The van der Waals surface area contributed by atoms with E-state index in [-0.39, 0.29) is 5.91 Å². The smallest absolute Gasteiger partial charge is 0.244 e. The Morgan fingerprint density at radius 1 is 1.17 bits per heavy atom. The van der Waals surface area contributed by atoms with E-state index in [1.165, 1.54) is 0 Å². The van der Waals surface area contributed by atoms with Crippen molar-refractivity contribution in [1.82, 2.24) is 10.3 Å². The van der Waals surface area contributed by atoms with Crippen LogP contribution in [0, 0.1) is 0 Å². The Bertz CT molecular complexity index is 814. The van der Waals surface area contributed by atoms with Crippen LogP contribution < -0.4 is 10.1 Å². The molecule has 0 spiro atoms. The van der Waals surface area contributed by atoms with Crippen LogP contribution in [0.2, 0.25) is 0 Å². The zero-order valence-electron chi connectivity index (χ0n) is 12.9. The summed E-state index contributed by atoms with van der Waals surface area (Å²) in [6.07, 6.45) is 5.03. The first-order chi connectivity index (χ1) is 11.8. The molecule has 0 fully saturated rings. The van der Waals surface area contributed by atoms with Crippen LogP contribution in [-0.2, 0) is 11.3 Å². The zero-order chi connectivity index (χ0) is 16.6. The Morgan fingerprint density at radius 2 is 2.12 bits per heavy atom. The number of thiophene rings is 1. The van der Waals surface area contributed by atoms with E-state index >= 15 is 0 Å². The third kappa shape index (κ3) is 4.79. The van der Waals surface area contributed by atoms with Gasteiger partial charge in [0.15, 0.2) is 0 Å². The number of amides is 1. The maximum atomic E-state index is 11.9. The molecule has 0 saturated carbocycles. The molecule has 120 valence electrons. The van der Waals surface area contributed by atoms with Crippen LogP contribution in [0.3, 0.4) is 0 Å². The number of nitrogens with one attached hydrogen (secondary N) is 1. The molecule has 1 amide bonds. The number of pyridine rings is 1. The fourth-order valence-electron chi connectivity index (χ4n) is 2.04. The molecule has 3 rings (SSSR count). The summed E-state index contributed by atoms with van der Waals surface area (Å²) in [6, 6.07) is 17.0. The van der Waals surface area contributed by atoms with Crippen LogP contribution in [0.4, 0.5) is 0 Å². The highest BCUT2D eigenvalue weighted by atomic mass is 32.1. The predicted molar refractivity (Wildman–Crippen MR) is 96.0 cm³/mol. The van der Waals surface area contributed by atoms with Crippen LogP contribution in [0.25, 0.3) is 6.08 Å². The lowest BCUT2D eigenvalue weighted by molar-refractivity contribution is -0.116. The Balaban J connectivity index is 1.55. The number of carbonyl (C=O) groups excluding carboxylic acids is 1. The lowest BCUT2D eigenvalue weighted by Gasteiger charge is -2.07. The number of nitrogens with zero attached hydrogens (tertiary/aromatic N) is 1. The molecule has 2 aromatic heterocycles. The SMILES string of the molecule is O=C(/C=C/c1cccs1)NCc1cccc(Oc2ccccn2)c1. The molecule has 1 N–H and O–H groups in total. The van der Waals surface area contributed by atoms with Crippen molar-refractivity contribution in [1.29, 1.82) is 0 Å². The molecule has 0 radical (unpaired) electrons. The first-order valence-corrected chi connectivity index (χ1v) is 8.35. The standard InChI is InChI=1S/C19H16N2O2S/c22-18(10-9-17-7-4-12-24-17)21-14-15-5-3-6-16(13-15)23-19-8-1-2-11-20-19/h1-13H,14H2,(H,21,22)/b10-9+. The summed E-state index contributed by atoms with van der Waals surface area (Å²) in [5.74, 6) is 1.10. The number of rotatable bonds is 6. The van der Waals surface area contributed by atoms with Crippen molar-refractivity contribution >= 4 is 23.3 Å². The summed E-state index contributed by atoms with van der Waals surface area (Å²) in [4.78, 5) is 17.0. The molecule has 0 bridgehead atoms. The summed E-state index contributed by atoms with van der Waals surface area (Å²) >= 11 is 1.59. The van der Waals surface area contributed by atoms with Gasteiger partial charge in [-0.3, -0.25) is 4.79 Å². The molecule has 0 aliphatic heterocycles. The van der Waals surface area contributed by atoms with E-state index in [0.29, 0.717) is 18.2 Å². The van der Waals surface area contributed by atoms with Crippen LogP contribution >= 0.6 is 11.3 Å². The fourth-order valence-corrected chi connectivity index (χ4v) is 2.66. The van der Waals surface area contributed by atoms with Gasteiger partial charge in [0.2, 0.25) is 11.8 Å². The van der Waals surface area contributed by atoms with Crippen molar-refractivity contribution in [2.45, 2.75) is 6.54 Å². The van der Waals surface area contributed by atoms with E-state index in [1.807, 2.05) is 53.9 Å². The highest BCUT2D eigenvalue weighted by molar-refractivity contribution is 7.10. The van der Waals surface area contributed by atoms with E-state index < -0.39 is 0 Å². The summed E-state index contributed by atoms with van der Waals surface area (Å²) in [7, 11) is 0. The van der Waals surface area contributed by atoms with E-state index in [4.69, 9.17) is 4.74 Å². The number of benzene rings is 1. The van der Waals surface area contributed by atoms with Crippen LogP contribution in [-0.4, -0.2) is 10.9 Å². The van der Waals surface area contributed by atoms with Gasteiger partial charge in [-0.2, -0.15) is 0 Å². The average Bonchev–Trinajstić information content (AvgIpc) is 3.13. The summed E-state index contributed by atoms with van der Waals surface area (Å²) in [5.41, 5.74) is 0.960. The van der Waals surface area contributed by atoms with Gasteiger partial charge in [0.05, 0.1) is 0 Å². The fraction of sp³-hybridized carbons (Fsp3) is 0.0526. The summed E-state index contributed by atoms with van der Waals surface area (Å²) < 4.78 is 5.69. The number of carbonyl (C=O) groups is 1. The van der Waals surface area contributed by atoms with E-state index in [2.05, 4.69) is 10.3 Å². The third-order valence-corrected chi connectivity index (χ3v) is 4.01. The minimum absolute atomic E-state index is 0.126. The molecule has 1 aromatic carbocycles. The van der Waals surface area contributed by atoms with Gasteiger partial charge in [-0.1, -0.05) is 24.3 Å². The molecule has 0 saturated heterocycles. The maximum Gasteiger partial charge on any atom is 0.244 e. The third-order valence-electron chi connectivity index (χ3n) is 3.17. The lowest BCUT2D eigenvalue weighted by Crippen LogP contribution is -2.20. The zero-order valence-corrected chi connectivity index (χ0v) is 13.7. The average molecular weight is 336 g/mol. The summed E-state index contributed by atoms with van der Waals surface area (Å²) in [5, 5.41) is 4.84. The molecule has 3 aromatic rings. The molecule has 0 unspecified atom stereocenters. The van der Waals surface area contributed by atoms with Crippen molar-refractivity contribution < 1.29 is 9.53 Å². The van der Waals surface area contributed by atoms with Gasteiger partial charge in [-0.15, -0.1) is 11.3 Å². The molecule has 4 nitrogen and oxygen atoms in total. The van der Waals surface area contributed by atoms with Crippen molar-refractivity contribution in [2.24, 2.45) is 0 Å². The Kier molecular flexibility index (Phi) is 5.37. The molecule has 24 heavy (non-hydrogen) atoms. The first kappa shape index (κ1) is 16.0. The van der Waals surface area contributed by atoms with Crippen molar-refractivity contribution in [2.75, 3.05) is 0 Å². The normalized spacial score (nSPS) is 10.7. The first-order valence-electron chi connectivity index (χ1n) is 7.47. The van der Waals surface area contributed by atoms with Gasteiger partial charge < -0.3 is 10.1 Å². The minimum Gasteiger partial charge on any atom is -0.439 e. The van der Waals surface area contributed by atoms with Gasteiger partial charge >= 0.3 is 0 Å². The van der Waals surface area contributed by atoms with Gasteiger partial charge in [-0.05, 0) is 41.3 Å². The van der Waals surface area contributed by atoms with Crippen molar-refractivity contribution in [3.8, 4) is 11.6 Å². The van der Waals surface area contributed by atoms with Gasteiger partial charge in [0.25, 0.3) is 0 Å². The molecule has 0 aliphatic rings. The maximum absolute atomic E-state index is 11.9. The van der Waals surface area contributed by atoms with Crippen molar-refractivity contribution in [3.05, 3.63) is 82.7 Å². The molecule has 0 aliphatic carbocycles. The van der Waals surface area contributed by atoms with Crippen molar-refractivity contribution in [3.63, 3.8) is 0 Å². The monoisotopic (exact) mass is 336 g/mol. The minimum atomic E-state index is -0.126. The second kappa shape index (κ2) is 8.08. The van der Waals surface area contributed by atoms with E-state index in [0.717, 1.165) is 10.4 Å². The Labute approximate surface area is 144 Å². The van der Waals surface area contributed by atoms with Gasteiger partial charge in [0, 0.05) is 29.8 Å².